The molecule has 5 aliphatic rings. The molecule has 488 valence electrons. The first-order valence-corrected chi connectivity index (χ1v) is 31.2. The van der Waals surface area contributed by atoms with Gasteiger partial charge < -0.3 is 81.3 Å². The van der Waals surface area contributed by atoms with E-state index < -0.39 is 108 Å². The first-order chi connectivity index (χ1) is 42.4. The van der Waals surface area contributed by atoms with Crippen molar-refractivity contribution < 1.29 is 52.7 Å². The van der Waals surface area contributed by atoms with Gasteiger partial charge >= 0.3 is 0 Å². The van der Waals surface area contributed by atoms with E-state index in [0.717, 1.165) is 24.8 Å². The SMILES string of the molecule is CCOc1ccc(C[C@@H](NC(=O)CC23CC4CC(CC(C4)C2)C3)C(=O)N[C@@H](Cc2ccccc2)C(=O)N[C@H](C(=O)N[C@@H](CC(N)=O)C(=O)NCCCC(=O)N2CCC[C@@H]2C(=O)N[C@@H](CCCN=C(N)N)C(=O)N[C@@H](CCCN=C(N)N)C(N)=O)C(C)C)cc1. The molecule has 19 N–H and O–H groups in total. The lowest BCUT2D eigenvalue weighted by atomic mass is 9.49. The largest absolute Gasteiger partial charge is 0.494 e. The summed E-state index contributed by atoms with van der Waals surface area (Å²) in [5.41, 5.74) is 34.2. The fraction of sp³-hybridized carbons (Fsp3) is 0.613. The van der Waals surface area contributed by atoms with Crippen LogP contribution in [0.15, 0.2) is 64.6 Å². The average Bonchev–Trinajstić information content (AvgIpc) is 1.16. The number of ether oxygens (including phenoxy) is 1. The number of likely N-dealkylation sites (tertiary alicyclic amines) is 1. The average molecular weight is 1240 g/mol. The lowest BCUT2D eigenvalue weighted by molar-refractivity contribution is -0.140. The molecule has 2 aromatic carbocycles. The Bertz CT molecular complexity index is 2810. The minimum absolute atomic E-state index is 0.00970. The van der Waals surface area contributed by atoms with Gasteiger partial charge in [0.05, 0.1) is 13.0 Å². The minimum Gasteiger partial charge on any atom is -0.494 e. The van der Waals surface area contributed by atoms with Crippen molar-refractivity contribution in [3.63, 3.8) is 0 Å². The van der Waals surface area contributed by atoms with Gasteiger partial charge in [-0.25, -0.2) is 0 Å². The van der Waals surface area contributed by atoms with Crippen LogP contribution in [0.3, 0.4) is 0 Å². The summed E-state index contributed by atoms with van der Waals surface area (Å²) in [7, 11) is 0. The quantitative estimate of drug-likeness (QED) is 0.0230. The van der Waals surface area contributed by atoms with E-state index in [-0.39, 0.29) is 101 Å². The normalized spacial score (nSPS) is 20.9. The highest BCUT2D eigenvalue weighted by molar-refractivity contribution is 5.97. The van der Waals surface area contributed by atoms with Crippen molar-refractivity contribution in [2.24, 2.45) is 73.5 Å². The van der Waals surface area contributed by atoms with Crippen molar-refractivity contribution in [1.29, 1.82) is 0 Å². The second kappa shape index (κ2) is 33.7. The zero-order valence-electron chi connectivity index (χ0n) is 51.6. The summed E-state index contributed by atoms with van der Waals surface area (Å²) in [5, 5.41) is 19.3. The number of nitrogens with one attached hydrogen (secondary N) is 7. The van der Waals surface area contributed by atoms with Crippen molar-refractivity contribution >= 4 is 71.0 Å². The van der Waals surface area contributed by atoms with E-state index in [2.05, 4.69) is 47.2 Å². The zero-order valence-corrected chi connectivity index (χ0v) is 51.6. The predicted molar refractivity (Wildman–Crippen MR) is 333 cm³/mol. The molecule has 10 amide bonds. The summed E-state index contributed by atoms with van der Waals surface area (Å²) in [6, 6.07) is 7.89. The molecule has 0 spiro atoms. The Morgan fingerprint density at radius 3 is 1.72 bits per heavy atom. The van der Waals surface area contributed by atoms with Crippen LogP contribution in [0.5, 0.6) is 5.75 Å². The van der Waals surface area contributed by atoms with Gasteiger partial charge in [-0.15, -0.1) is 0 Å². The van der Waals surface area contributed by atoms with Crippen LogP contribution in [0.25, 0.3) is 0 Å². The van der Waals surface area contributed by atoms with Gasteiger partial charge in [0.15, 0.2) is 11.9 Å². The molecule has 4 aliphatic carbocycles. The van der Waals surface area contributed by atoms with Crippen LogP contribution in [-0.4, -0.2) is 151 Å². The summed E-state index contributed by atoms with van der Waals surface area (Å²) < 4.78 is 5.65. The van der Waals surface area contributed by atoms with Gasteiger partial charge in [-0.1, -0.05) is 56.3 Å². The second-order valence-electron chi connectivity index (χ2n) is 24.8. The Kier molecular flexibility index (Phi) is 26.4. The first-order valence-electron chi connectivity index (χ1n) is 31.2. The number of carbonyl (C=O) groups is 10. The Morgan fingerprint density at radius 1 is 0.618 bits per heavy atom. The number of rotatable bonds is 36. The highest BCUT2D eigenvalue weighted by Crippen LogP contribution is 2.61. The minimum atomic E-state index is -1.50. The molecule has 27 nitrogen and oxygen atoms in total. The third kappa shape index (κ3) is 21.9. The molecule has 89 heavy (non-hydrogen) atoms. The molecule has 27 heteroatoms. The van der Waals surface area contributed by atoms with Crippen molar-refractivity contribution in [3.05, 3.63) is 65.7 Å². The maximum absolute atomic E-state index is 14.7. The predicted octanol–water partition coefficient (Wildman–Crippen LogP) is -0.603. The van der Waals surface area contributed by atoms with Gasteiger partial charge in [0, 0.05) is 51.9 Å². The van der Waals surface area contributed by atoms with E-state index >= 15 is 0 Å². The van der Waals surface area contributed by atoms with Crippen LogP contribution < -0.4 is 76.4 Å². The number of benzene rings is 2. The maximum Gasteiger partial charge on any atom is 0.243 e. The van der Waals surface area contributed by atoms with Gasteiger partial charge in [0.1, 0.15) is 48.0 Å². The molecule has 0 aromatic heterocycles. The molecule has 5 fully saturated rings. The summed E-state index contributed by atoms with van der Waals surface area (Å²) in [4.78, 5) is 146. The molecule has 0 unspecified atom stereocenters. The van der Waals surface area contributed by atoms with Crippen LogP contribution in [0.4, 0.5) is 0 Å². The molecule has 7 rings (SSSR count). The van der Waals surface area contributed by atoms with Gasteiger partial charge in [0.2, 0.25) is 59.1 Å². The van der Waals surface area contributed by atoms with E-state index in [1.54, 1.807) is 50.2 Å². The zero-order chi connectivity index (χ0) is 64.8. The number of hydrogen-bond donors (Lipinski definition) is 13. The highest BCUT2D eigenvalue weighted by Gasteiger charge is 2.52. The van der Waals surface area contributed by atoms with E-state index in [1.807, 2.05) is 25.1 Å². The van der Waals surface area contributed by atoms with Crippen molar-refractivity contribution in [3.8, 4) is 5.75 Å². The van der Waals surface area contributed by atoms with Gasteiger partial charge in [-0.3, -0.25) is 57.9 Å². The Balaban J connectivity index is 1.07. The first kappa shape index (κ1) is 69.6. The third-order valence-corrected chi connectivity index (χ3v) is 17.2. The Hall–Kier alpha value is -8.52. The topological polar surface area (TPSA) is 448 Å². The number of primary amides is 2. The number of nitrogens with zero attached hydrogens (tertiary/aromatic N) is 3. The molecule has 4 bridgehead atoms. The summed E-state index contributed by atoms with van der Waals surface area (Å²) >= 11 is 0. The van der Waals surface area contributed by atoms with E-state index in [0.29, 0.717) is 54.9 Å². The number of aliphatic imine (C=N–C) groups is 2. The summed E-state index contributed by atoms with van der Waals surface area (Å²) in [6.07, 6.45) is 7.92. The number of nitrogens with two attached hydrogens (primary N) is 6. The number of guanidine groups is 2. The third-order valence-electron chi connectivity index (χ3n) is 17.2. The van der Waals surface area contributed by atoms with Crippen molar-refractivity contribution in [2.75, 3.05) is 32.8 Å². The molecular formula is C62H94N16O11. The molecular weight excluding hydrogens is 1140 g/mol. The molecule has 7 atom stereocenters. The second-order valence-corrected chi connectivity index (χ2v) is 24.8. The molecule has 1 heterocycles. The molecule has 1 aliphatic heterocycles. The fourth-order valence-electron chi connectivity index (χ4n) is 13.4. The van der Waals surface area contributed by atoms with Crippen molar-refractivity contribution in [2.45, 2.75) is 179 Å². The van der Waals surface area contributed by atoms with Crippen LogP contribution in [0, 0.1) is 29.1 Å². The highest BCUT2D eigenvalue weighted by atomic mass is 16.5. The molecule has 4 saturated carbocycles. The van der Waals surface area contributed by atoms with Crippen LogP contribution in [0.2, 0.25) is 0 Å². The van der Waals surface area contributed by atoms with E-state index in [4.69, 9.17) is 39.1 Å². The van der Waals surface area contributed by atoms with Gasteiger partial charge in [-0.2, -0.15) is 0 Å². The molecule has 1 saturated heterocycles. The smallest absolute Gasteiger partial charge is 0.243 e. The standard InChI is InChI=1S/C62H94N16O11/c1-4-89-42-20-18-38(19-21-42)30-45(72-50(80)35-62-32-39-26-40(33-62)28-41(27-39)34-62)56(85)75-46(29-37-12-6-5-7-13-37)57(86)77-52(36(2)3)59(88)76-47(31-49(63)79)54(83)69-22-10-17-51(81)78-25-11-16-48(78)58(87)74-44(15-9-24-71-61(67)68)55(84)73-43(53(64)82)14-8-23-70-60(65)66/h5-7,12-13,18-21,36,39-41,43-48,52H,4,8-11,14-17,22-35H2,1-3H3,(H2,63,79)(H2,64,82)(H,69,83)(H,72,80)(H,73,84)(H,74,87)(H,75,85)(H,76,88)(H,77,86)(H4,65,66,70)(H4,67,68,71)/t39?,40?,41?,43-,44-,45+,46-,47-,48+,52-,62?/m0/s1. The van der Waals surface area contributed by atoms with Crippen LogP contribution >= 0.6 is 0 Å². The number of amides is 10. The van der Waals surface area contributed by atoms with Gasteiger partial charge in [0.25, 0.3) is 0 Å². The number of carbonyl (C=O) groups excluding carboxylic acids is 10. The van der Waals surface area contributed by atoms with Crippen LogP contribution in [0.1, 0.15) is 135 Å². The fourth-order valence-corrected chi connectivity index (χ4v) is 13.4. The van der Waals surface area contributed by atoms with Crippen LogP contribution in [-0.2, 0) is 60.8 Å². The Labute approximate surface area is 520 Å². The monoisotopic (exact) mass is 1240 g/mol. The maximum atomic E-state index is 14.7. The summed E-state index contributed by atoms with van der Waals surface area (Å²) in [6.45, 7) is 6.13. The lowest BCUT2D eigenvalue weighted by Gasteiger charge is -2.56. The van der Waals surface area contributed by atoms with Crippen molar-refractivity contribution in [1.82, 2.24) is 42.1 Å². The lowest BCUT2D eigenvalue weighted by Crippen LogP contribution is -2.60. The van der Waals surface area contributed by atoms with E-state index in [9.17, 15) is 47.9 Å². The molecule has 0 radical (unpaired) electrons. The number of hydrogen-bond acceptors (Lipinski definition) is 13. The van der Waals surface area contributed by atoms with Gasteiger partial charge in [-0.05, 0) is 143 Å². The summed E-state index contributed by atoms with van der Waals surface area (Å²) in [5.74, 6) is -5.01. The Morgan fingerprint density at radius 2 is 1.16 bits per heavy atom. The van der Waals surface area contributed by atoms with E-state index in [1.165, 1.54) is 24.2 Å². The molecule has 2 aromatic rings.